The van der Waals surface area contributed by atoms with E-state index in [0.29, 0.717) is 12.1 Å². The summed E-state index contributed by atoms with van der Waals surface area (Å²) >= 11 is 5.72. The van der Waals surface area contributed by atoms with Gasteiger partial charge in [-0.15, -0.1) is 0 Å². The molecule has 0 saturated heterocycles. The number of aryl methyl sites for hydroxylation is 1. The van der Waals surface area contributed by atoms with Gasteiger partial charge >= 0.3 is 0 Å². The Hall–Kier alpha value is -0.930. The molecule has 2 rings (SSSR count). The van der Waals surface area contributed by atoms with Crippen molar-refractivity contribution in [2.45, 2.75) is 11.3 Å². The maximum Gasteiger partial charge on any atom is 0.224 e. The number of rotatable bonds is 4. The molecule has 0 radical (unpaired) electrons. The molecule has 0 bridgehead atoms. The van der Waals surface area contributed by atoms with Gasteiger partial charge in [0.15, 0.2) is 9.84 Å². The van der Waals surface area contributed by atoms with Gasteiger partial charge in [0.1, 0.15) is 20.6 Å². The lowest BCUT2D eigenvalue weighted by Gasteiger charge is -2.09. The summed E-state index contributed by atoms with van der Waals surface area (Å²) in [7, 11) is -6.55. The smallest absolute Gasteiger partial charge is 0.224 e. The second kappa shape index (κ2) is 4.88. The van der Waals surface area contributed by atoms with Crippen LogP contribution in [0.5, 0.6) is 0 Å². The molecule has 1 aliphatic heterocycles. The molecular weight excluding hydrogens is 314 g/mol. The van der Waals surface area contributed by atoms with Gasteiger partial charge in [0, 0.05) is 19.2 Å². The van der Waals surface area contributed by atoms with E-state index in [1.807, 2.05) is 0 Å². The molecule has 1 aromatic rings. The normalized spacial score (nSPS) is 17.2. The van der Waals surface area contributed by atoms with Crippen LogP contribution in [0.2, 0.25) is 5.28 Å². The highest BCUT2D eigenvalue weighted by molar-refractivity contribution is 7.92. The van der Waals surface area contributed by atoms with E-state index >= 15 is 0 Å². The standard InChI is InChI=1S/C9H12ClN3O4S2/c1-18(14,15)5-3-11-8-7-6(12-9(10)13-8)2-4-19(7,16)17/h2-5H2,1H3,(H,11,12,13). The average molecular weight is 326 g/mol. The van der Waals surface area contributed by atoms with Gasteiger partial charge in [-0.2, -0.15) is 4.98 Å². The van der Waals surface area contributed by atoms with Crippen LogP contribution in [0.4, 0.5) is 5.82 Å². The Bertz CT molecular complexity index is 715. The van der Waals surface area contributed by atoms with Crippen LogP contribution in [0, 0.1) is 0 Å². The van der Waals surface area contributed by atoms with Crippen molar-refractivity contribution in [3.05, 3.63) is 11.0 Å². The predicted octanol–water partition coefficient (Wildman–Crippen LogP) is -0.0837. The van der Waals surface area contributed by atoms with Crippen molar-refractivity contribution in [1.29, 1.82) is 0 Å². The summed E-state index contributed by atoms with van der Waals surface area (Å²) in [6.07, 6.45) is 1.39. The monoisotopic (exact) mass is 325 g/mol. The third-order valence-electron chi connectivity index (χ3n) is 2.59. The summed E-state index contributed by atoms with van der Waals surface area (Å²) in [4.78, 5) is 7.75. The highest BCUT2D eigenvalue weighted by Gasteiger charge is 2.32. The molecule has 106 valence electrons. The quantitative estimate of drug-likeness (QED) is 0.771. The zero-order chi connectivity index (χ0) is 14.3. The van der Waals surface area contributed by atoms with E-state index in [2.05, 4.69) is 15.3 Å². The first kappa shape index (κ1) is 14.5. The molecule has 1 aliphatic rings. The van der Waals surface area contributed by atoms with E-state index in [1.165, 1.54) is 0 Å². The molecule has 1 aromatic heterocycles. The summed E-state index contributed by atoms with van der Waals surface area (Å²) in [5.74, 6) is -0.0715. The van der Waals surface area contributed by atoms with Crippen LogP contribution in [0.15, 0.2) is 4.90 Å². The lowest BCUT2D eigenvalue weighted by molar-refractivity contribution is 0.599. The lowest BCUT2D eigenvalue weighted by Crippen LogP contribution is -2.17. The molecule has 0 saturated carbocycles. The summed E-state index contributed by atoms with van der Waals surface area (Å²) < 4.78 is 45.8. The first-order chi connectivity index (χ1) is 8.69. The Balaban J connectivity index is 2.31. The summed E-state index contributed by atoms with van der Waals surface area (Å²) in [6, 6.07) is 0. The third-order valence-corrected chi connectivity index (χ3v) is 5.50. The van der Waals surface area contributed by atoms with Crippen LogP contribution >= 0.6 is 11.6 Å². The summed E-state index contributed by atoms with van der Waals surface area (Å²) in [6.45, 7) is 0.0636. The number of fused-ring (bicyclic) bond motifs is 1. The number of nitrogens with zero attached hydrogens (tertiary/aromatic N) is 2. The molecule has 2 heterocycles. The van der Waals surface area contributed by atoms with Crippen molar-refractivity contribution in [3.8, 4) is 0 Å². The predicted molar refractivity (Wildman–Crippen MR) is 71.0 cm³/mol. The van der Waals surface area contributed by atoms with Gasteiger partial charge in [0.25, 0.3) is 0 Å². The van der Waals surface area contributed by atoms with Gasteiger partial charge in [-0.05, 0) is 11.6 Å². The van der Waals surface area contributed by atoms with Gasteiger partial charge < -0.3 is 5.32 Å². The molecule has 19 heavy (non-hydrogen) atoms. The summed E-state index contributed by atoms with van der Waals surface area (Å²) in [5, 5.41) is 2.65. The molecule has 0 aliphatic carbocycles. The maximum atomic E-state index is 11.9. The minimum atomic E-state index is -3.41. The largest absolute Gasteiger partial charge is 0.368 e. The third kappa shape index (κ3) is 3.34. The second-order valence-electron chi connectivity index (χ2n) is 4.24. The van der Waals surface area contributed by atoms with Crippen molar-refractivity contribution in [2.24, 2.45) is 0 Å². The Labute approximate surface area is 116 Å². The van der Waals surface area contributed by atoms with E-state index in [9.17, 15) is 16.8 Å². The van der Waals surface area contributed by atoms with E-state index < -0.39 is 19.7 Å². The number of nitrogens with one attached hydrogen (secondary N) is 1. The molecule has 1 N–H and O–H groups in total. The number of hydrogen-bond acceptors (Lipinski definition) is 7. The van der Waals surface area contributed by atoms with Crippen LogP contribution in [-0.4, -0.2) is 51.1 Å². The Morgan fingerprint density at radius 2 is 2.05 bits per heavy atom. The van der Waals surface area contributed by atoms with E-state index in [0.717, 1.165) is 6.26 Å². The van der Waals surface area contributed by atoms with Gasteiger partial charge in [-0.1, -0.05) is 0 Å². The minimum Gasteiger partial charge on any atom is -0.368 e. The second-order valence-corrected chi connectivity index (χ2v) is 8.89. The number of hydrogen-bond donors (Lipinski definition) is 1. The van der Waals surface area contributed by atoms with Crippen LogP contribution < -0.4 is 5.32 Å². The molecular formula is C9H12ClN3O4S2. The fourth-order valence-corrected chi connectivity index (χ4v) is 4.02. The molecule has 0 fully saturated rings. The molecule has 0 amide bonds. The van der Waals surface area contributed by atoms with Crippen molar-refractivity contribution < 1.29 is 16.8 Å². The van der Waals surface area contributed by atoms with Crippen LogP contribution in [-0.2, 0) is 26.1 Å². The van der Waals surface area contributed by atoms with Crippen molar-refractivity contribution in [2.75, 3.05) is 29.6 Å². The van der Waals surface area contributed by atoms with E-state index in [1.54, 1.807) is 0 Å². The molecule has 0 unspecified atom stereocenters. The Morgan fingerprint density at radius 3 is 2.68 bits per heavy atom. The topological polar surface area (TPSA) is 106 Å². The lowest BCUT2D eigenvalue weighted by atomic mass is 10.3. The molecule has 7 nitrogen and oxygen atoms in total. The fraction of sp³-hybridized carbons (Fsp3) is 0.556. The molecule has 0 spiro atoms. The van der Waals surface area contributed by atoms with Crippen LogP contribution in [0.3, 0.4) is 0 Å². The first-order valence-corrected chi connectivity index (χ1v) is 9.49. The number of halogens is 1. The molecule has 10 heteroatoms. The van der Waals surface area contributed by atoms with Gasteiger partial charge in [-0.3, -0.25) is 0 Å². The van der Waals surface area contributed by atoms with Gasteiger partial charge in [-0.25, -0.2) is 21.8 Å². The number of sulfone groups is 2. The van der Waals surface area contributed by atoms with Crippen LogP contribution in [0.25, 0.3) is 0 Å². The number of aromatic nitrogens is 2. The van der Waals surface area contributed by atoms with Gasteiger partial charge in [0.05, 0.1) is 17.2 Å². The highest BCUT2D eigenvalue weighted by Crippen LogP contribution is 2.31. The van der Waals surface area contributed by atoms with E-state index in [-0.39, 0.29) is 34.0 Å². The van der Waals surface area contributed by atoms with Crippen molar-refractivity contribution in [3.63, 3.8) is 0 Å². The zero-order valence-electron chi connectivity index (χ0n) is 10.1. The zero-order valence-corrected chi connectivity index (χ0v) is 12.4. The summed E-state index contributed by atoms with van der Waals surface area (Å²) in [5.41, 5.74) is 0.377. The number of anilines is 1. The van der Waals surface area contributed by atoms with Crippen LogP contribution in [0.1, 0.15) is 5.69 Å². The van der Waals surface area contributed by atoms with Crippen molar-refractivity contribution >= 4 is 37.1 Å². The SMILES string of the molecule is CS(=O)(=O)CCNc1nc(Cl)nc2c1S(=O)(=O)CC2. The minimum absolute atomic E-state index is 0.0297. The Kier molecular flexibility index (Phi) is 3.72. The van der Waals surface area contributed by atoms with Crippen molar-refractivity contribution in [1.82, 2.24) is 9.97 Å². The van der Waals surface area contributed by atoms with Gasteiger partial charge in [0.2, 0.25) is 5.28 Å². The molecule has 0 atom stereocenters. The fourth-order valence-electron chi connectivity index (χ4n) is 1.77. The average Bonchev–Trinajstić information content (AvgIpc) is 2.52. The molecule has 0 aromatic carbocycles. The first-order valence-electron chi connectivity index (χ1n) is 5.40. The maximum absolute atomic E-state index is 11.9. The van der Waals surface area contributed by atoms with E-state index in [4.69, 9.17) is 11.6 Å². The highest BCUT2D eigenvalue weighted by atomic mass is 35.5. The Morgan fingerprint density at radius 1 is 1.37 bits per heavy atom.